The maximum atomic E-state index is 4.08. The third-order valence-corrected chi connectivity index (χ3v) is 2.17. The minimum Gasteiger partial charge on any atom is -0.261 e. The lowest BCUT2D eigenvalue weighted by molar-refractivity contribution is 1.15. The molecule has 16 heavy (non-hydrogen) atoms. The van der Waals surface area contributed by atoms with Crippen LogP contribution >= 0.6 is 0 Å². The fourth-order valence-corrected chi connectivity index (χ4v) is 1.06. The summed E-state index contributed by atoms with van der Waals surface area (Å²) in [5.41, 5.74) is 3.30. The fourth-order valence-electron chi connectivity index (χ4n) is 1.06. The van der Waals surface area contributed by atoms with E-state index in [-0.39, 0.29) is 0 Å². The van der Waals surface area contributed by atoms with Gasteiger partial charge >= 0.3 is 0 Å². The van der Waals surface area contributed by atoms with Gasteiger partial charge in [-0.05, 0) is 43.7 Å². The van der Waals surface area contributed by atoms with Crippen molar-refractivity contribution >= 4 is 6.08 Å². The minimum absolute atomic E-state index is 0.924. The number of aryl methyl sites for hydroxylation is 2. The quantitative estimate of drug-likeness (QED) is 0.723. The lowest BCUT2D eigenvalue weighted by atomic mass is 10.2. The van der Waals surface area contributed by atoms with E-state index in [1.54, 1.807) is 12.3 Å². The van der Waals surface area contributed by atoms with Crippen LogP contribution in [0.1, 0.15) is 17.0 Å². The number of aromatic nitrogens is 2. The van der Waals surface area contributed by atoms with Crippen LogP contribution in [-0.2, 0) is 0 Å². The highest BCUT2D eigenvalue weighted by Crippen LogP contribution is 1.98. The number of rotatable bonds is 1. The summed E-state index contributed by atoms with van der Waals surface area (Å²) in [6.45, 7) is 7.64. The SMILES string of the molecule is C=Cc1ccccn1.Cc1cccnc1C. The highest BCUT2D eigenvalue weighted by atomic mass is 14.7. The van der Waals surface area contributed by atoms with Crippen LogP contribution in [0.5, 0.6) is 0 Å². The summed E-state index contributed by atoms with van der Waals surface area (Å²) in [5.74, 6) is 0. The molecule has 0 saturated carbocycles. The largest absolute Gasteiger partial charge is 0.261 e. The van der Waals surface area contributed by atoms with Crippen LogP contribution in [0, 0.1) is 13.8 Å². The van der Waals surface area contributed by atoms with Gasteiger partial charge in [-0.1, -0.05) is 18.7 Å². The van der Waals surface area contributed by atoms with Gasteiger partial charge in [0.15, 0.2) is 0 Å². The monoisotopic (exact) mass is 212 g/mol. The van der Waals surface area contributed by atoms with Gasteiger partial charge in [0.2, 0.25) is 0 Å². The van der Waals surface area contributed by atoms with Gasteiger partial charge in [0.1, 0.15) is 0 Å². The van der Waals surface area contributed by atoms with Gasteiger partial charge in [-0.2, -0.15) is 0 Å². The zero-order valence-electron chi connectivity index (χ0n) is 9.72. The molecule has 2 aromatic heterocycles. The molecule has 0 aliphatic rings. The van der Waals surface area contributed by atoms with Crippen LogP contribution in [0.4, 0.5) is 0 Å². The smallest absolute Gasteiger partial charge is 0.0623 e. The summed E-state index contributed by atoms with van der Waals surface area (Å²) in [5, 5.41) is 0. The Balaban J connectivity index is 0.000000160. The standard InChI is InChI=1S/C7H9N.C7H7N/c1-6-4-3-5-8-7(6)2;1-2-7-5-3-4-6-8-7/h3-5H,1-2H3;2-6H,1H2. The van der Waals surface area contributed by atoms with Gasteiger partial charge in [-0.3, -0.25) is 9.97 Å². The number of hydrogen-bond acceptors (Lipinski definition) is 2. The molecule has 2 heterocycles. The van der Waals surface area contributed by atoms with Gasteiger partial charge in [-0.25, -0.2) is 0 Å². The van der Waals surface area contributed by atoms with Crippen molar-refractivity contribution in [2.24, 2.45) is 0 Å². The Morgan fingerprint density at radius 1 is 1.00 bits per heavy atom. The van der Waals surface area contributed by atoms with Crippen LogP contribution < -0.4 is 0 Å². The van der Waals surface area contributed by atoms with E-state index in [0.717, 1.165) is 11.4 Å². The first kappa shape index (κ1) is 12.1. The fraction of sp³-hybridized carbons (Fsp3) is 0.143. The molecule has 2 aromatic rings. The molecule has 0 aromatic carbocycles. The third-order valence-electron chi connectivity index (χ3n) is 2.17. The van der Waals surface area contributed by atoms with Crippen LogP contribution in [0.2, 0.25) is 0 Å². The topological polar surface area (TPSA) is 25.8 Å². The van der Waals surface area contributed by atoms with E-state index < -0.39 is 0 Å². The van der Waals surface area contributed by atoms with E-state index in [9.17, 15) is 0 Å². The second-order valence-corrected chi connectivity index (χ2v) is 3.36. The minimum atomic E-state index is 0.924. The zero-order chi connectivity index (χ0) is 11.8. The Labute approximate surface area is 96.7 Å². The Kier molecular flexibility index (Phi) is 4.93. The first-order valence-electron chi connectivity index (χ1n) is 5.15. The molecule has 0 atom stereocenters. The highest BCUT2D eigenvalue weighted by Gasteiger charge is 1.85. The molecule has 0 radical (unpaired) electrons. The van der Waals surface area contributed by atoms with Gasteiger partial charge < -0.3 is 0 Å². The molecule has 0 spiro atoms. The van der Waals surface area contributed by atoms with Crippen molar-refractivity contribution < 1.29 is 0 Å². The van der Waals surface area contributed by atoms with Crippen molar-refractivity contribution in [1.29, 1.82) is 0 Å². The highest BCUT2D eigenvalue weighted by molar-refractivity contribution is 5.40. The summed E-state index contributed by atoms with van der Waals surface area (Å²) in [6, 6.07) is 9.73. The van der Waals surface area contributed by atoms with Crippen molar-refractivity contribution in [3.63, 3.8) is 0 Å². The van der Waals surface area contributed by atoms with Gasteiger partial charge in [0, 0.05) is 18.1 Å². The van der Waals surface area contributed by atoms with Crippen LogP contribution in [0.25, 0.3) is 6.08 Å². The van der Waals surface area contributed by atoms with Crippen LogP contribution in [0.15, 0.2) is 49.3 Å². The van der Waals surface area contributed by atoms with Crippen molar-refractivity contribution in [2.75, 3.05) is 0 Å². The number of pyridine rings is 2. The summed E-state index contributed by atoms with van der Waals surface area (Å²) in [6.07, 6.45) is 5.28. The lowest BCUT2D eigenvalue weighted by Gasteiger charge is -1.92. The second-order valence-electron chi connectivity index (χ2n) is 3.36. The maximum absolute atomic E-state index is 4.08. The Morgan fingerprint density at radius 2 is 1.75 bits per heavy atom. The molecule has 2 rings (SSSR count). The molecule has 0 amide bonds. The van der Waals surface area contributed by atoms with E-state index >= 15 is 0 Å². The Bertz CT molecular complexity index is 414. The summed E-state index contributed by atoms with van der Waals surface area (Å²) < 4.78 is 0. The molecule has 0 fully saturated rings. The molecular weight excluding hydrogens is 196 g/mol. The average Bonchev–Trinajstić information content (AvgIpc) is 2.35. The molecule has 0 unspecified atom stereocenters. The predicted octanol–water partition coefficient (Wildman–Crippen LogP) is 3.42. The first-order valence-corrected chi connectivity index (χ1v) is 5.15. The lowest BCUT2D eigenvalue weighted by Crippen LogP contribution is -1.81. The summed E-state index contributed by atoms with van der Waals surface area (Å²) in [4.78, 5) is 8.06. The maximum Gasteiger partial charge on any atom is 0.0623 e. The molecule has 2 nitrogen and oxygen atoms in total. The molecule has 0 aliphatic carbocycles. The van der Waals surface area contributed by atoms with E-state index in [2.05, 4.69) is 29.5 Å². The van der Waals surface area contributed by atoms with Crippen molar-refractivity contribution in [3.05, 3.63) is 66.3 Å². The van der Waals surface area contributed by atoms with Crippen molar-refractivity contribution in [3.8, 4) is 0 Å². The molecule has 0 bridgehead atoms. The van der Waals surface area contributed by atoms with E-state index in [0.29, 0.717) is 0 Å². The molecule has 0 N–H and O–H groups in total. The second kappa shape index (κ2) is 6.51. The van der Waals surface area contributed by atoms with E-state index in [1.807, 2.05) is 37.4 Å². The normalized spacial score (nSPS) is 8.88. The Hall–Kier alpha value is -1.96. The molecule has 0 saturated heterocycles. The summed E-state index contributed by atoms with van der Waals surface area (Å²) >= 11 is 0. The van der Waals surface area contributed by atoms with Crippen molar-refractivity contribution in [1.82, 2.24) is 9.97 Å². The number of nitrogens with zero attached hydrogens (tertiary/aromatic N) is 2. The number of hydrogen-bond donors (Lipinski definition) is 0. The van der Waals surface area contributed by atoms with Gasteiger partial charge in [0.25, 0.3) is 0 Å². The van der Waals surface area contributed by atoms with E-state index in [1.165, 1.54) is 5.56 Å². The average molecular weight is 212 g/mol. The predicted molar refractivity (Wildman–Crippen MR) is 68.0 cm³/mol. The van der Waals surface area contributed by atoms with E-state index in [4.69, 9.17) is 0 Å². The third kappa shape index (κ3) is 4.05. The molecule has 0 aliphatic heterocycles. The molecular formula is C14H16N2. The summed E-state index contributed by atoms with van der Waals surface area (Å²) in [7, 11) is 0. The Morgan fingerprint density at radius 3 is 2.12 bits per heavy atom. The molecule has 2 heteroatoms. The zero-order valence-corrected chi connectivity index (χ0v) is 9.72. The van der Waals surface area contributed by atoms with Crippen LogP contribution in [-0.4, -0.2) is 9.97 Å². The van der Waals surface area contributed by atoms with Crippen molar-refractivity contribution in [2.45, 2.75) is 13.8 Å². The molecule has 82 valence electrons. The van der Waals surface area contributed by atoms with Gasteiger partial charge in [0.05, 0.1) is 5.69 Å². The van der Waals surface area contributed by atoms with Crippen LogP contribution in [0.3, 0.4) is 0 Å². The first-order chi connectivity index (χ1) is 7.74. The van der Waals surface area contributed by atoms with Gasteiger partial charge in [-0.15, -0.1) is 0 Å².